The molecule has 0 spiro atoms. The summed E-state index contributed by atoms with van der Waals surface area (Å²) in [5.41, 5.74) is 1.03. The van der Waals surface area contributed by atoms with Crippen LogP contribution in [0, 0.1) is 6.92 Å². The summed E-state index contributed by atoms with van der Waals surface area (Å²) < 4.78 is 7.56. The highest BCUT2D eigenvalue weighted by atomic mass is 32.2. The summed E-state index contributed by atoms with van der Waals surface area (Å²) in [4.78, 5) is 4.54. The molecule has 1 rings (SSSR count). The zero-order valence-corrected chi connectivity index (χ0v) is 13.1. The molecule has 1 unspecified atom stereocenters. The summed E-state index contributed by atoms with van der Waals surface area (Å²) in [7, 11) is 1.73. The van der Waals surface area contributed by atoms with E-state index in [0.717, 1.165) is 18.2 Å². The molecule has 0 aliphatic carbocycles. The fourth-order valence-electron chi connectivity index (χ4n) is 1.67. The van der Waals surface area contributed by atoms with Gasteiger partial charge in [-0.15, -0.1) is 0 Å². The molecule has 0 saturated carbocycles. The molecular weight excluding hydrogens is 246 g/mol. The number of aryl methyl sites for hydroxylation is 1. The van der Waals surface area contributed by atoms with Gasteiger partial charge in [0.05, 0.1) is 18.3 Å². The molecule has 1 heterocycles. The van der Waals surface area contributed by atoms with Crippen LogP contribution in [0.1, 0.15) is 32.5 Å². The fraction of sp³-hybridized carbons (Fsp3) is 0.769. The Kier molecular flexibility index (Phi) is 5.53. The number of anilines is 1. The Labute approximate surface area is 115 Å². The number of aromatic nitrogens is 2. The monoisotopic (exact) mass is 271 g/mol. The average Bonchev–Trinajstić information content (AvgIpc) is 2.69. The van der Waals surface area contributed by atoms with Crippen LogP contribution in [0.15, 0.2) is 6.20 Å². The fourth-order valence-corrected chi connectivity index (χ4v) is 1.88. The van der Waals surface area contributed by atoms with Gasteiger partial charge in [-0.2, -0.15) is 11.8 Å². The van der Waals surface area contributed by atoms with Crippen molar-refractivity contribution in [2.75, 3.05) is 31.8 Å². The zero-order chi connectivity index (χ0) is 13.8. The predicted octanol–water partition coefficient (Wildman–Crippen LogP) is 2.95. The molecule has 0 aliphatic rings. The van der Waals surface area contributed by atoms with Crippen LogP contribution in [0.5, 0.6) is 0 Å². The van der Waals surface area contributed by atoms with Crippen LogP contribution in [0.2, 0.25) is 0 Å². The molecule has 0 fully saturated rings. The first-order chi connectivity index (χ1) is 8.39. The van der Waals surface area contributed by atoms with Crippen molar-refractivity contribution in [1.82, 2.24) is 9.55 Å². The van der Waals surface area contributed by atoms with Crippen LogP contribution in [-0.4, -0.2) is 40.8 Å². The van der Waals surface area contributed by atoms with Gasteiger partial charge in [-0.3, -0.25) is 0 Å². The van der Waals surface area contributed by atoms with Crippen LogP contribution < -0.4 is 5.32 Å². The average molecular weight is 271 g/mol. The quantitative estimate of drug-likeness (QED) is 0.827. The lowest BCUT2D eigenvalue weighted by molar-refractivity contribution is 0.163. The first-order valence-electron chi connectivity index (χ1n) is 6.23. The van der Waals surface area contributed by atoms with E-state index in [1.165, 1.54) is 0 Å². The third-order valence-corrected chi connectivity index (χ3v) is 4.21. The second kappa shape index (κ2) is 6.48. The Balaban J connectivity index is 2.76. The molecule has 0 saturated heterocycles. The summed E-state index contributed by atoms with van der Waals surface area (Å²) in [5, 5.41) is 3.44. The van der Waals surface area contributed by atoms with E-state index in [-0.39, 0.29) is 10.8 Å². The van der Waals surface area contributed by atoms with Crippen LogP contribution in [0.3, 0.4) is 0 Å². The third kappa shape index (κ3) is 4.21. The summed E-state index contributed by atoms with van der Waals surface area (Å²) >= 11 is 1.85. The minimum atomic E-state index is 0.204. The van der Waals surface area contributed by atoms with Crippen molar-refractivity contribution in [3.63, 3.8) is 0 Å². The highest BCUT2D eigenvalue weighted by Crippen LogP contribution is 2.23. The van der Waals surface area contributed by atoms with Gasteiger partial charge in [0, 0.05) is 24.6 Å². The van der Waals surface area contributed by atoms with Crippen LogP contribution in [0.25, 0.3) is 0 Å². The smallest absolute Gasteiger partial charge is 0.203 e. The second-order valence-corrected chi connectivity index (χ2v) is 6.75. The van der Waals surface area contributed by atoms with Crippen molar-refractivity contribution in [2.24, 2.45) is 0 Å². The number of hydrogen-bond donors (Lipinski definition) is 1. The van der Waals surface area contributed by atoms with Crippen LogP contribution in [-0.2, 0) is 4.74 Å². The Morgan fingerprint density at radius 3 is 2.78 bits per heavy atom. The van der Waals surface area contributed by atoms with Crippen molar-refractivity contribution in [1.29, 1.82) is 0 Å². The van der Waals surface area contributed by atoms with Gasteiger partial charge in [0.1, 0.15) is 0 Å². The standard InChI is InChI=1S/C13H25N3OS/c1-10-7-16(11(2)8-17-5)12(15-10)14-9-13(3,4)18-6/h7,11H,8-9H2,1-6H3,(H,14,15). The van der Waals surface area contributed by atoms with Crippen molar-refractivity contribution in [2.45, 2.75) is 38.5 Å². The molecule has 104 valence electrons. The first-order valence-corrected chi connectivity index (χ1v) is 7.45. The third-order valence-electron chi connectivity index (χ3n) is 2.96. The van der Waals surface area contributed by atoms with Crippen LogP contribution in [0.4, 0.5) is 5.95 Å². The number of nitrogens with one attached hydrogen (secondary N) is 1. The second-order valence-electron chi connectivity index (χ2n) is 5.23. The molecule has 1 aromatic heterocycles. The minimum Gasteiger partial charge on any atom is -0.383 e. The summed E-state index contributed by atoms with van der Waals surface area (Å²) in [5.74, 6) is 0.930. The van der Waals surface area contributed by atoms with Gasteiger partial charge in [0.2, 0.25) is 5.95 Å². The molecular formula is C13H25N3OS. The number of methoxy groups -OCH3 is 1. The zero-order valence-electron chi connectivity index (χ0n) is 12.3. The SMILES string of the molecule is COCC(C)n1cc(C)nc1NCC(C)(C)SC. The maximum atomic E-state index is 5.21. The van der Waals surface area contributed by atoms with E-state index in [2.05, 4.69) is 48.1 Å². The molecule has 0 radical (unpaired) electrons. The van der Waals surface area contributed by atoms with Gasteiger partial charge >= 0.3 is 0 Å². The molecule has 0 aliphatic heterocycles. The highest BCUT2D eigenvalue weighted by molar-refractivity contribution is 7.99. The number of ether oxygens (including phenoxy) is 1. The summed E-state index contributed by atoms with van der Waals surface area (Å²) in [6.07, 6.45) is 4.20. The Hall–Kier alpha value is -0.680. The van der Waals surface area contributed by atoms with Gasteiger partial charge in [0.25, 0.3) is 0 Å². The van der Waals surface area contributed by atoms with E-state index in [1.54, 1.807) is 7.11 Å². The van der Waals surface area contributed by atoms with E-state index < -0.39 is 0 Å². The molecule has 0 aromatic carbocycles. The maximum absolute atomic E-state index is 5.21. The minimum absolute atomic E-state index is 0.204. The highest BCUT2D eigenvalue weighted by Gasteiger charge is 2.18. The van der Waals surface area contributed by atoms with Gasteiger partial charge in [-0.25, -0.2) is 4.98 Å². The first kappa shape index (κ1) is 15.4. The molecule has 1 aromatic rings. The molecule has 18 heavy (non-hydrogen) atoms. The Morgan fingerprint density at radius 2 is 2.22 bits per heavy atom. The van der Waals surface area contributed by atoms with E-state index in [0.29, 0.717) is 6.61 Å². The largest absolute Gasteiger partial charge is 0.383 e. The van der Waals surface area contributed by atoms with Crippen molar-refractivity contribution < 1.29 is 4.74 Å². The molecule has 4 nitrogen and oxygen atoms in total. The number of nitrogens with zero attached hydrogens (tertiary/aromatic N) is 2. The molecule has 1 atom stereocenters. The molecule has 0 bridgehead atoms. The lowest BCUT2D eigenvalue weighted by Gasteiger charge is -2.24. The predicted molar refractivity (Wildman–Crippen MR) is 79.6 cm³/mol. The lowest BCUT2D eigenvalue weighted by atomic mass is 10.2. The maximum Gasteiger partial charge on any atom is 0.203 e. The molecule has 1 N–H and O–H groups in total. The topological polar surface area (TPSA) is 39.1 Å². The van der Waals surface area contributed by atoms with Gasteiger partial charge in [-0.05, 0) is 34.0 Å². The number of hydrogen-bond acceptors (Lipinski definition) is 4. The van der Waals surface area contributed by atoms with Crippen molar-refractivity contribution in [3.05, 3.63) is 11.9 Å². The van der Waals surface area contributed by atoms with Gasteiger partial charge < -0.3 is 14.6 Å². The van der Waals surface area contributed by atoms with Crippen LogP contribution >= 0.6 is 11.8 Å². The van der Waals surface area contributed by atoms with Gasteiger partial charge in [-0.1, -0.05) is 0 Å². The van der Waals surface area contributed by atoms with E-state index in [1.807, 2.05) is 18.7 Å². The lowest BCUT2D eigenvalue weighted by Crippen LogP contribution is -2.27. The number of rotatable bonds is 7. The normalized spacial score (nSPS) is 13.7. The number of thioether (sulfide) groups is 1. The summed E-state index contributed by atoms with van der Waals surface area (Å²) in [6, 6.07) is 0.288. The van der Waals surface area contributed by atoms with E-state index in [4.69, 9.17) is 4.74 Å². The summed E-state index contributed by atoms with van der Waals surface area (Å²) in [6.45, 7) is 10.2. The van der Waals surface area contributed by atoms with E-state index >= 15 is 0 Å². The van der Waals surface area contributed by atoms with Gasteiger partial charge in [0.15, 0.2) is 0 Å². The van der Waals surface area contributed by atoms with Crippen molar-refractivity contribution >= 4 is 17.7 Å². The molecule has 5 heteroatoms. The van der Waals surface area contributed by atoms with E-state index in [9.17, 15) is 0 Å². The molecule has 0 amide bonds. The Morgan fingerprint density at radius 1 is 1.56 bits per heavy atom. The Bertz CT molecular complexity index is 376. The number of imidazole rings is 1. The van der Waals surface area contributed by atoms with Crippen molar-refractivity contribution in [3.8, 4) is 0 Å².